The maximum atomic E-state index is 14.7. The lowest BCUT2D eigenvalue weighted by Crippen LogP contribution is -2.39. The van der Waals surface area contributed by atoms with Crippen LogP contribution in [0.5, 0.6) is 0 Å². The zero-order chi connectivity index (χ0) is 22.1. The third kappa shape index (κ3) is 4.37. The summed E-state index contributed by atoms with van der Waals surface area (Å²) in [4.78, 5) is 0. The molecule has 0 saturated heterocycles. The third-order valence-electron chi connectivity index (χ3n) is 5.58. The Hall–Kier alpha value is -1.61. The van der Waals surface area contributed by atoms with E-state index in [1.54, 1.807) is 10.6 Å². The quantitative estimate of drug-likeness (QED) is 0.605. The Morgan fingerprint density at radius 2 is 1.77 bits per heavy atom. The van der Waals surface area contributed by atoms with Gasteiger partial charge in [-0.2, -0.15) is 17.9 Å². The zero-order valence-corrected chi connectivity index (χ0v) is 18.0. The molecule has 0 spiro atoms. The first kappa shape index (κ1) is 21.6. The Morgan fingerprint density at radius 1 is 1.13 bits per heavy atom. The van der Waals surface area contributed by atoms with Crippen molar-refractivity contribution in [2.24, 2.45) is 5.41 Å². The Balaban J connectivity index is 1.87. The highest BCUT2D eigenvalue weighted by atomic mass is 32.2. The smallest absolute Gasteiger partial charge is 0.347 e. The topological polar surface area (TPSA) is 51.1 Å². The highest BCUT2D eigenvalue weighted by Crippen LogP contribution is 2.45. The van der Waals surface area contributed by atoms with Crippen molar-refractivity contribution in [3.8, 4) is 0 Å². The first-order chi connectivity index (χ1) is 13.8. The van der Waals surface area contributed by atoms with Crippen LogP contribution >= 0.6 is 0 Å². The van der Waals surface area contributed by atoms with Crippen LogP contribution in [0.25, 0.3) is 10.9 Å². The summed E-state index contributed by atoms with van der Waals surface area (Å²) >= 11 is 0. The highest BCUT2D eigenvalue weighted by molar-refractivity contribution is 7.90. The number of aromatic nitrogens is 1. The average Bonchev–Trinajstić information content (AvgIpc) is 3.48. The fraction of sp³-hybridized carbons (Fsp3) is 0.619. The lowest BCUT2D eigenvalue weighted by Gasteiger charge is -2.22. The van der Waals surface area contributed by atoms with Gasteiger partial charge >= 0.3 is 6.18 Å². The van der Waals surface area contributed by atoms with E-state index in [1.807, 2.05) is 25.5 Å². The van der Waals surface area contributed by atoms with Gasteiger partial charge in [0.15, 0.2) is 0 Å². The van der Waals surface area contributed by atoms with Crippen LogP contribution in [0.1, 0.15) is 69.5 Å². The summed E-state index contributed by atoms with van der Waals surface area (Å²) in [6.07, 6.45) is -1.09. The molecule has 4 nitrogen and oxygen atoms in total. The van der Waals surface area contributed by atoms with Gasteiger partial charge in [0.2, 0.25) is 10.0 Å². The van der Waals surface area contributed by atoms with E-state index in [-0.39, 0.29) is 22.3 Å². The molecule has 1 atom stereocenters. The normalized spacial score (nSPS) is 19.4. The second-order valence-corrected chi connectivity index (χ2v) is 11.8. The van der Waals surface area contributed by atoms with Gasteiger partial charge in [0.25, 0.3) is 0 Å². The fourth-order valence-corrected chi connectivity index (χ4v) is 5.42. The number of alkyl halides is 3. The number of hydrogen-bond acceptors (Lipinski definition) is 2. The summed E-state index contributed by atoms with van der Waals surface area (Å²) in [5.74, 6) is -0.437. The number of nitrogens with zero attached hydrogens (tertiary/aromatic N) is 1. The van der Waals surface area contributed by atoms with Gasteiger partial charge in [-0.05, 0) is 54.7 Å². The lowest BCUT2D eigenvalue weighted by atomic mass is 9.97. The molecule has 1 heterocycles. The molecule has 1 aromatic carbocycles. The van der Waals surface area contributed by atoms with Crippen molar-refractivity contribution in [2.75, 3.05) is 0 Å². The maximum Gasteiger partial charge on any atom is 0.408 e. The molecule has 2 saturated carbocycles. The second kappa shape index (κ2) is 6.95. The van der Waals surface area contributed by atoms with Crippen molar-refractivity contribution < 1.29 is 26.0 Å². The molecule has 0 aliphatic heterocycles. The minimum absolute atomic E-state index is 0.0990. The van der Waals surface area contributed by atoms with Crippen LogP contribution in [0.3, 0.4) is 0 Å². The van der Waals surface area contributed by atoms with Crippen LogP contribution in [0, 0.1) is 11.2 Å². The van der Waals surface area contributed by atoms with E-state index in [9.17, 15) is 26.0 Å². The second-order valence-electron chi connectivity index (χ2n) is 9.77. The van der Waals surface area contributed by atoms with Gasteiger partial charge in [0.05, 0.1) is 5.25 Å². The molecule has 1 aromatic heterocycles. The monoisotopic (exact) mass is 446 g/mol. The lowest BCUT2D eigenvalue weighted by molar-refractivity contribution is -0.152. The largest absolute Gasteiger partial charge is 0.408 e. The maximum absolute atomic E-state index is 14.7. The number of fused-ring (bicyclic) bond motifs is 1. The van der Waals surface area contributed by atoms with Crippen LogP contribution in [-0.4, -0.2) is 24.4 Å². The Bertz CT molecular complexity index is 1080. The molecule has 2 aliphatic rings. The minimum Gasteiger partial charge on any atom is -0.347 e. The van der Waals surface area contributed by atoms with E-state index in [1.165, 1.54) is 6.20 Å². The summed E-state index contributed by atoms with van der Waals surface area (Å²) in [7, 11) is -4.11. The molecule has 0 bridgehead atoms. The molecule has 4 rings (SSSR count). The molecule has 2 fully saturated rings. The Morgan fingerprint density at radius 3 is 2.27 bits per heavy atom. The van der Waals surface area contributed by atoms with Gasteiger partial charge in [-0.15, -0.1) is 0 Å². The summed E-state index contributed by atoms with van der Waals surface area (Å²) in [5, 5.41) is -0.689. The van der Waals surface area contributed by atoms with E-state index in [2.05, 4.69) is 0 Å². The van der Waals surface area contributed by atoms with Gasteiger partial charge < -0.3 is 4.57 Å². The van der Waals surface area contributed by atoms with Gasteiger partial charge in [-0.25, -0.2) is 12.8 Å². The molecular weight excluding hydrogens is 420 g/mol. The van der Waals surface area contributed by atoms with Gasteiger partial charge in [0.1, 0.15) is 11.9 Å². The molecule has 1 N–H and O–H groups in total. The minimum atomic E-state index is -4.85. The van der Waals surface area contributed by atoms with E-state index >= 15 is 0 Å². The number of hydrogen-bond donors (Lipinski definition) is 1. The number of halogens is 4. The van der Waals surface area contributed by atoms with Crippen LogP contribution in [-0.2, 0) is 16.6 Å². The van der Waals surface area contributed by atoms with Crippen LogP contribution in [0.15, 0.2) is 18.3 Å². The van der Waals surface area contributed by atoms with Gasteiger partial charge in [-0.1, -0.05) is 20.8 Å². The molecule has 166 valence electrons. The summed E-state index contributed by atoms with van der Waals surface area (Å²) in [6.45, 7) is 6.29. The number of sulfonamides is 1. The summed E-state index contributed by atoms with van der Waals surface area (Å²) in [6, 6.07) is 0.361. The first-order valence-electron chi connectivity index (χ1n) is 10.2. The van der Waals surface area contributed by atoms with Gasteiger partial charge in [-0.3, -0.25) is 0 Å². The number of nitrogens with one attached hydrogen (secondary N) is 1. The molecule has 0 amide bonds. The van der Waals surface area contributed by atoms with E-state index in [0.29, 0.717) is 30.5 Å². The number of rotatable bonds is 6. The molecule has 2 aromatic rings. The molecule has 9 heteroatoms. The number of benzene rings is 1. The zero-order valence-electron chi connectivity index (χ0n) is 17.2. The summed E-state index contributed by atoms with van der Waals surface area (Å²) in [5.41, 5.74) is 0.526. The van der Waals surface area contributed by atoms with Crippen molar-refractivity contribution >= 4 is 20.9 Å². The van der Waals surface area contributed by atoms with E-state index in [0.717, 1.165) is 18.9 Å². The SMILES string of the molecule is CC(C)(C)Cn1cc(C(NS(=O)(=O)C2CC2)C(F)(F)F)c2cc(F)c(C3CC3)cc21. The summed E-state index contributed by atoms with van der Waals surface area (Å²) < 4.78 is 84.9. The predicted octanol–water partition coefficient (Wildman–Crippen LogP) is 5.39. The molecule has 30 heavy (non-hydrogen) atoms. The standard InChI is InChI=1S/C21H26F4N2O2S/c1-20(2,3)11-27-10-16(15-8-17(22)14(9-18(15)27)12-4-5-12)19(21(23,24)25)26-30(28,29)13-6-7-13/h8-10,12-13,19,26H,4-7,11H2,1-3H3. The molecule has 2 aliphatic carbocycles. The van der Waals surface area contributed by atoms with Crippen molar-refractivity contribution in [1.29, 1.82) is 0 Å². The van der Waals surface area contributed by atoms with Crippen molar-refractivity contribution in [3.05, 3.63) is 35.3 Å². The van der Waals surface area contributed by atoms with Crippen LogP contribution in [0.4, 0.5) is 17.6 Å². The van der Waals surface area contributed by atoms with Crippen molar-refractivity contribution in [2.45, 2.75) is 76.4 Å². The van der Waals surface area contributed by atoms with Crippen LogP contribution < -0.4 is 4.72 Å². The predicted molar refractivity (Wildman–Crippen MR) is 107 cm³/mol. The van der Waals surface area contributed by atoms with Crippen LogP contribution in [0.2, 0.25) is 0 Å². The Labute approximate surface area is 173 Å². The van der Waals surface area contributed by atoms with E-state index in [4.69, 9.17) is 0 Å². The van der Waals surface area contributed by atoms with Crippen molar-refractivity contribution in [1.82, 2.24) is 9.29 Å². The van der Waals surface area contributed by atoms with Gasteiger partial charge in [0, 0.05) is 29.2 Å². The molecule has 0 radical (unpaired) electrons. The first-order valence-corrected chi connectivity index (χ1v) is 11.7. The molecule has 1 unspecified atom stereocenters. The van der Waals surface area contributed by atoms with E-state index < -0.39 is 33.3 Å². The fourth-order valence-electron chi connectivity index (χ4n) is 3.88. The molecular formula is C21H26F4N2O2S. The highest BCUT2D eigenvalue weighted by Gasteiger charge is 2.48. The average molecular weight is 447 g/mol. The Kier molecular flexibility index (Phi) is 5.01. The third-order valence-corrected chi connectivity index (χ3v) is 7.49. The van der Waals surface area contributed by atoms with Crippen molar-refractivity contribution in [3.63, 3.8) is 0 Å².